The summed E-state index contributed by atoms with van der Waals surface area (Å²) in [6, 6.07) is -1.63. The van der Waals surface area contributed by atoms with Crippen LogP contribution < -0.4 is 10.6 Å². The van der Waals surface area contributed by atoms with Gasteiger partial charge in [0.05, 0.1) is 0 Å². The highest BCUT2D eigenvalue weighted by molar-refractivity contribution is 5.83. The minimum atomic E-state index is -1.05. The second-order valence-corrected chi connectivity index (χ2v) is 4.78. The number of carboxylic acids is 1. The smallest absolute Gasteiger partial charge is 0.326 e. The Morgan fingerprint density at radius 2 is 1.81 bits per heavy atom. The molecule has 0 rings (SSSR count). The van der Waals surface area contributed by atoms with Crippen LogP contribution in [0.2, 0.25) is 0 Å². The molecule has 0 aliphatic heterocycles. The summed E-state index contributed by atoms with van der Waals surface area (Å²) in [5.41, 5.74) is -0.541. The summed E-state index contributed by atoms with van der Waals surface area (Å²) in [7, 11) is 0. The highest BCUT2D eigenvalue weighted by atomic mass is 16.4. The van der Waals surface area contributed by atoms with Crippen molar-refractivity contribution in [3.63, 3.8) is 0 Å². The number of carbonyl (C=O) groups is 2. The van der Waals surface area contributed by atoms with Crippen LogP contribution in [-0.2, 0) is 4.79 Å². The van der Waals surface area contributed by atoms with Gasteiger partial charge in [-0.2, -0.15) is 0 Å². The second-order valence-electron chi connectivity index (χ2n) is 4.78. The number of carboxylic acid groups (broad SMARTS) is 1. The molecule has 0 aromatic rings. The van der Waals surface area contributed by atoms with E-state index in [4.69, 9.17) is 5.11 Å². The Bertz CT molecular complexity index is 281. The number of carbonyl (C=O) groups excluding carboxylic acids is 1. The van der Waals surface area contributed by atoms with E-state index in [9.17, 15) is 9.59 Å². The van der Waals surface area contributed by atoms with E-state index >= 15 is 0 Å². The van der Waals surface area contributed by atoms with Crippen LogP contribution in [0.25, 0.3) is 0 Å². The van der Waals surface area contributed by atoms with Crippen molar-refractivity contribution in [2.24, 2.45) is 5.41 Å². The number of urea groups is 1. The van der Waals surface area contributed by atoms with E-state index < -0.39 is 23.5 Å². The van der Waals surface area contributed by atoms with Crippen LogP contribution >= 0.6 is 0 Å². The van der Waals surface area contributed by atoms with Crippen LogP contribution in [0.3, 0.4) is 0 Å². The maximum Gasteiger partial charge on any atom is 0.326 e. The summed E-state index contributed by atoms with van der Waals surface area (Å²) in [5, 5.41) is 14.0. The van der Waals surface area contributed by atoms with Gasteiger partial charge in [-0.3, -0.25) is 0 Å². The molecule has 0 saturated heterocycles. The zero-order chi connectivity index (χ0) is 12.9. The Hall–Kier alpha value is -1.52. The van der Waals surface area contributed by atoms with Gasteiger partial charge in [-0.1, -0.05) is 26.8 Å². The molecule has 0 aliphatic rings. The molecule has 0 radical (unpaired) electrons. The molecule has 0 aromatic heterocycles. The Balaban J connectivity index is 4.48. The summed E-state index contributed by atoms with van der Waals surface area (Å²) in [6.45, 7) is 10.5. The van der Waals surface area contributed by atoms with Crippen LogP contribution in [0.1, 0.15) is 27.7 Å². The van der Waals surface area contributed by atoms with Crippen molar-refractivity contribution in [2.75, 3.05) is 0 Å². The molecule has 2 unspecified atom stereocenters. The predicted octanol–water partition coefficient (Wildman–Crippen LogP) is 1.36. The van der Waals surface area contributed by atoms with Gasteiger partial charge in [0.1, 0.15) is 6.04 Å². The fourth-order valence-corrected chi connectivity index (χ4v) is 1.09. The summed E-state index contributed by atoms with van der Waals surface area (Å²) in [5.74, 6) is -1.05. The Morgan fingerprint density at radius 3 is 2.12 bits per heavy atom. The summed E-state index contributed by atoms with van der Waals surface area (Å²) < 4.78 is 0. The molecule has 2 amide bonds. The van der Waals surface area contributed by atoms with Crippen molar-refractivity contribution < 1.29 is 14.7 Å². The van der Waals surface area contributed by atoms with Crippen molar-refractivity contribution >= 4 is 12.0 Å². The van der Waals surface area contributed by atoms with Crippen LogP contribution in [0, 0.1) is 5.41 Å². The lowest BCUT2D eigenvalue weighted by molar-refractivity contribution is -0.141. The molecule has 0 aliphatic carbocycles. The van der Waals surface area contributed by atoms with E-state index in [0.29, 0.717) is 0 Å². The maximum absolute atomic E-state index is 11.4. The monoisotopic (exact) mass is 228 g/mol. The number of aliphatic carboxylic acids is 1. The van der Waals surface area contributed by atoms with Gasteiger partial charge in [0.15, 0.2) is 0 Å². The Kier molecular flexibility index (Phi) is 5.01. The third-order valence-corrected chi connectivity index (χ3v) is 2.10. The van der Waals surface area contributed by atoms with Gasteiger partial charge < -0.3 is 15.7 Å². The molecule has 0 fully saturated rings. The number of amides is 2. The first-order chi connectivity index (χ1) is 7.18. The molecule has 0 aromatic carbocycles. The van der Waals surface area contributed by atoms with Crippen LogP contribution in [0.4, 0.5) is 4.79 Å². The van der Waals surface area contributed by atoms with Crippen molar-refractivity contribution in [3.05, 3.63) is 12.7 Å². The first-order valence-electron chi connectivity index (χ1n) is 5.11. The standard InChI is InChI=1S/C11H20N2O3/c1-6-7(2)12-10(16)13-8(9(14)15)11(3,4)5/h6-8H,1H2,2-5H3,(H,14,15)(H2,12,13,16). The van der Waals surface area contributed by atoms with Gasteiger partial charge >= 0.3 is 12.0 Å². The van der Waals surface area contributed by atoms with Crippen LogP contribution in [0.5, 0.6) is 0 Å². The van der Waals surface area contributed by atoms with Crippen molar-refractivity contribution in [2.45, 2.75) is 39.8 Å². The van der Waals surface area contributed by atoms with Crippen molar-refractivity contribution in [1.29, 1.82) is 0 Å². The molecule has 0 spiro atoms. The quantitative estimate of drug-likeness (QED) is 0.636. The SMILES string of the molecule is C=CC(C)NC(=O)NC(C(=O)O)C(C)(C)C. The molecule has 0 heterocycles. The molecule has 5 heteroatoms. The van der Waals surface area contributed by atoms with Crippen molar-refractivity contribution in [3.8, 4) is 0 Å². The van der Waals surface area contributed by atoms with Crippen LogP contribution in [0.15, 0.2) is 12.7 Å². The number of rotatable bonds is 4. The van der Waals surface area contributed by atoms with E-state index in [-0.39, 0.29) is 6.04 Å². The Labute approximate surface area is 95.9 Å². The molecule has 16 heavy (non-hydrogen) atoms. The van der Waals surface area contributed by atoms with E-state index in [1.807, 2.05) is 0 Å². The van der Waals surface area contributed by atoms with E-state index in [1.165, 1.54) is 0 Å². The normalized spacial score (nSPS) is 14.8. The highest BCUT2D eigenvalue weighted by Gasteiger charge is 2.32. The number of hydrogen-bond acceptors (Lipinski definition) is 2. The molecule has 5 nitrogen and oxygen atoms in total. The third kappa shape index (κ3) is 4.82. The highest BCUT2D eigenvalue weighted by Crippen LogP contribution is 2.19. The van der Waals surface area contributed by atoms with Gasteiger partial charge in [0, 0.05) is 6.04 Å². The molecular weight excluding hydrogens is 208 g/mol. The average Bonchev–Trinajstić information content (AvgIpc) is 2.11. The lowest BCUT2D eigenvalue weighted by Gasteiger charge is -2.28. The molecule has 3 N–H and O–H groups in total. The minimum absolute atomic E-state index is 0.200. The molecule has 2 atom stereocenters. The zero-order valence-electron chi connectivity index (χ0n) is 10.2. The molecular formula is C11H20N2O3. The minimum Gasteiger partial charge on any atom is -0.480 e. The van der Waals surface area contributed by atoms with Crippen LogP contribution in [-0.4, -0.2) is 29.2 Å². The second kappa shape index (κ2) is 5.53. The van der Waals surface area contributed by atoms with Gasteiger partial charge in [0.2, 0.25) is 0 Å². The van der Waals surface area contributed by atoms with Crippen molar-refractivity contribution in [1.82, 2.24) is 10.6 Å². The Morgan fingerprint density at radius 1 is 1.31 bits per heavy atom. The van der Waals surface area contributed by atoms with Gasteiger partial charge in [-0.25, -0.2) is 9.59 Å². The van der Waals surface area contributed by atoms with Gasteiger partial charge in [0.25, 0.3) is 0 Å². The predicted molar refractivity (Wildman–Crippen MR) is 62.2 cm³/mol. The largest absolute Gasteiger partial charge is 0.480 e. The summed E-state index contributed by atoms with van der Waals surface area (Å²) in [6.07, 6.45) is 1.56. The number of hydrogen-bond donors (Lipinski definition) is 3. The first kappa shape index (κ1) is 14.5. The lowest BCUT2D eigenvalue weighted by Crippen LogP contribution is -2.53. The number of nitrogens with one attached hydrogen (secondary N) is 2. The topological polar surface area (TPSA) is 78.4 Å². The summed E-state index contributed by atoms with van der Waals surface area (Å²) >= 11 is 0. The lowest BCUT2D eigenvalue weighted by atomic mass is 9.87. The molecule has 0 saturated carbocycles. The average molecular weight is 228 g/mol. The third-order valence-electron chi connectivity index (χ3n) is 2.10. The fourth-order valence-electron chi connectivity index (χ4n) is 1.09. The van der Waals surface area contributed by atoms with E-state index in [2.05, 4.69) is 17.2 Å². The first-order valence-corrected chi connectivity index (χ1v) is 5.11. The van der Waals surface area contributed by atoms with E-state index in [1.54, 1.807) is 33.8 Å². The van der Waals surface area contributed by atoms with Gasteiger partial charge in [-0.15, -0.1) is 6.58 Å². The molecule has 0 bridgehead atoms. The molecule has 92 valence electrons. The zero-order valence-corrected chi connectivity index (χ0v) is 10.2. The maximum atomic E-state index is 11.4. The fraction of sp³-hybridized carbons (Fsp3) is 0.636. The van der Waals surface area contributed by atoms with E-state index in [0.717, 1.165) is 0 Å². The van der Waals surface area contributed by atoms with Gasteiger partial charge in [-0.05, 0) is 12.3 Å². The summed E-state index contributed by atoms with van der Waals surface area (Å²) in [4.78, 5) is 22.4.